The number of hydrogen-bond donors (Lipinski definition) is 0. The average molecular weight is 476 g/mol. The number of hydrogen-bond acceptors (Lipinski definition) is 3. The third kappa shape index (κ3) is 5.19. The minimum Gasteiger partial charge on any atom is -0.288 e. The van der Waals surface area contributed by atoms with Gasteiger partial charge in [0.25, 0.3) is 0 Å². The first-order chi connectivity index (χ1) is 13.3. The van der Waals surface area contributed by atoms with E-state index in [1.807, 2.05) is 6.07 Å². The quantitative estimate of drug-likeness (QED) is 0.327. The van der Waals surface area contributed by atoms with Crippen molar-refractivity contribution in [2.45, 2.75) is 5.75 Å². The molecule has 0 aromatic heterocycles. The highest BCUT2D eigenvalue weighted by molar-refractivity contribution is 9.10. The summed E-state index contributed by atoms with van der Waals surface area (Å²) in [6.07, 6.45) is 1.40. The Morgan fingerprint density at radius 2 is 1.50 bits per heavy atom. The number of sulfone groups is 1. The predicted molar refractivity (Wildman–Crippen MR) is 117 cm³/mol. The maximum absolute atomic E-state index is 13.1. The van der Waals surface area contributed by atoms with E-state index in [9.17, 15) is 13.2 Å². The Labute approximate surface area is 177 Å². The lowest BCUT2D eigenvalue weighted by atomic mass is 10.1. The van der Waals surface area contributed by atoms with Crippen molar-refractivity contribution >= 4 is 49.2 Å². The molecule has 0 saturated carbocycles. The Hall–Kier alpha value is -2.21. The van der Waals surface area contributed by atoms with E-state index in [0.29, 0.717) is 21.7 Å². The highest BCUT2D eigenvalue weighted by Crippen LogP contribution is 2.24. The van der Waals surface area contributed by atoms with Crippen LogP contribution in [0.1, 0.15) is 21.5 Å². The SMILES string of the molecule is O=C(/C(=C\c1ccc(Cl)cc1)S(=O)(=O)Cc1ccccc1)c1ccc(Br)cc1. The van der Waals surface area contributed by atoms with Crippen molar-refractivity contribution < 1.29 is 13.2 Å². The van der Waals surface area contributed by atoms with Gasteiger partial charge in [-0.25, -0.2) is 8.42 Å². The molecule has 0 radical (unpaired) electrons. The van der Waals surface area contributed by atoms with Gasteiger partial charge < -0.3 is 0 Å². The summed E-state index contributed by atoms with van der Waals surface area (Å²) < 4.78 is 27.1. The van der Waals surface area contributed by atoms with Crippen LogP contribution in [0.25, 0.3) is 6.08 Å². The van der Waals surface area contributed by atoms with Crippen LogP contribution in [0.4, 0.5) is 0 Å². The summed E-state index contributed by atoms with van der Waals surface area (Å²) in [5, 5.41) is 0.532. The van der Waals surface area contributed by atoms with Crippen LogP contribution in [-0.2, 0) is 15.6 Å². The fraction of sp³-hybridized carbons (Fsp3) is 0.0455. The van der Waals surface area contributed by atoms with Crippen molar-refractivity contribution in [1.29, 1.82) is 0 Å². The van der Waals surface area contributed by atoms with E-state index in [0.717, 1.165) is 4.47 Å². The number of ketones is 1. The van der Waals surface area contributed by atoms with Gasteiger partial charge in [0.1, 0.15) is 4.91 Å². The second kappa shape index (κ2) is 8.86. The molecule has 0 aliphatic carbocycles. The fourth-order valence-corrected chi connectivity index (χ4v) is 4.51. The lowest BCUT2D eigenvalue weighted by Crippen LogP contribution is -2.16. The molecule has 142 valence electrons. The van der Waals surface area contributed by atoms with Gasteiger partial charge in [0.05, 0.1) is 5.75 Å². The van der Waals surface area contributed by atoms with Crippen LogP contribution in [0.3, 0.4) is 0 Å². The fourth-order valence-electron chi connectivity index (χ4n) is 2.62. The van der Waals surface area contributed by atoms with Crippen molar-refractivity contribution in [2.24, 2.45) is 0 Å². The van der Waals surface area contributed by atoms with Crippen LogP contribution in [0.2, 0.25) is 5.02 Å². The first kappa shape index (κ1) is 20.5. The molecule has 0 bridgehead atoms. The van der Waals surface area contributed by atoms with E-state index < -0.39 is 15.6 Å². The molecule has 6 heteroatoms. The highest BCUT2D eigenvalue weighted by Gasteiger charge is 2.26. The summed E-state index contributed by atoms with van der Waals surface area (Å²) in [4.78, 5) is 12.8. The molecule has 3 rings (SSSR count). The van der Waals surface area contributed by atoms with Gasteiger partial charge in [-0.3, -0.25) is 4.79 Å². The van der Waals surface area contributed by atoms with Gasteiger partial charge in [0.15, 0.2) is 9.84 Å². The Balaban J connectivity index is 2.06. The molecule has 0 atom stereocenters. The van der Waals surface area contributed by atoms with E-state index >= 15 is 0 Å². The van der Waals surface area contributed by atoms with Gasteiger partial charge in [-0.2, -0.15) is 0 Å². The smallest absolute Gasteiger partial charge is 0.204 e. The number of Topliss-reactive ketones (excluding diaryl/α,β-unsaturated/α-hetero) is 1. The van der Waals surface area contributed by atoms with Crippen LogP contribution in [-0.4, -0.2) is 14.2 Å². The lowest BCUT2D eigenvalue weighted by Gasteiger charge is -2.10. The van der Waals surface area contributed by atoms with E-state index in [-0.39, 0.29) is 10.7 Å². The summed E-state index contributed by atoms with van der Waals surface area (Å²) in [7, 11) is -3.87. The van der Waals surface area contributed by atoms with Crippen molar-refractivity contribution in [3.63, 3.8) is 0 Å². The molecule has 0 aliphatic rings. The largest absolute Gasteiger partial charge is 0.288 e. The average Bonchev–Trinajstić information content (AvgIpc) is 2.68. The summed E-state index contributed by atoms with van der Waals surface area (Å²) in [5.74, 6) is -0.798. The number of carbonyl (C=O) groups excluding carboxylic acids is 1. The molecule has 3 aromatic rings. The molecule has 0 spiro atoms. The molecule has 0 amide bonds. The van der Waals surface area contributed by atoms with Crippen LogP contribution in [0.15, 0.2) is 88.2 Å². The summed E-state index contributed by atoms with van der Waals surface area (Å²) in [5.41, 5.74) is 1.51. The Kier molecular flexibility index (Phi) is 6.50. The summed E-state index contributed by atoms with van der Waals surface area (Å²) >= 11 is 9.23. The van der Waals surface area contributed by atoms with Crippen molar-refractivity contribution in [1.82, 2.24) is 0 Å². The molecule has 0 N–H and O–H groups in total. The standard InChI is InChI=1S/C22H16BrClO3S/c23-19-10-8-18(9-11-19)22(25)21(14-16-6-12-20(24)13-7-16)28(26,27)15-17-4-2-1-3-5-17/h1-14H,15H2/b21-14+. The molecule has 0 unspecified atom stereocenters. The Morgan fingerprint density at radius 1 is 0.893 bits per heavy atom. The van der Waals surface area contributed by atoms with Crippen LogP contribution in [0.5, 0.6) is 0 Å². The van der Waals surface area contributed by atoms with Gasteiger partial charge in [0.2, 0.25) is 5.78 Å². The van der Waals surface area contributed by atoms with Crippen molar-refractivity contribution in [2.75, 3.05) is 0 Å². The third-order valence-electron chi connectivity index (χ3n) is 4.03. The molecule has 0 aliphatic heterocycles. The van der Waals surface area contributed by atoms with Gasteiger partial charge in [-0.05, 0) is 53.6 Å². The van der Waals surface area contributed by atoms with Crippen LogP contribution < -0.4 is 0 Å². The topological polar surface area (TPSA) is 51.2 Å². The molecular formula is C22H16BrClO3S. The minimum absolute atomic E-state index is 0.249. The maximum Gasteiger partial charge on any atom is 0.204 e. The second-order valence-corrected chi connectivity index (χ2v) is 9.45. The van der Waals surface area contributed by atoms with Gasteiger partial charge in [-0.15, -0.1) is 0 Å². The number of carbonyl (C=O) groups is 1. The first-order valence-electron chi connectivity index (χ1n) is 8.39. The molecule has 0 saturated heterocycles. The number of benzene rings is 3. The second-order valence-electron chi connectivity index (χ2n) is 6.14. The highest BCUT2D eigenvalue weighted by atomic mass is 79.9. The number of rotatable bonds is 6. The maximum atomic E-state index is 13.1. The Bertz CT molecular complexity index is 1100. The van der Waals surface area contributed by atoms with Gasteiger partial charge in [0, 0.05) is 15.1 Å². The van der Waals surface area contributed by atoms with Crippen molar-refractivity contribution in [3.05, 3.63) is 110 Å². The summed E-state index contributed by atoms with van der Waals surface area (Å²) in [6, 6.07) is 22.1. The van der Waals surface area contributed by atoms with E-state index in [2.05, 4.69) is 15.9 Å². The third-order valence-corrected chi connectivity index (χ3v) is 6.50. The predicted octanol–water partition coefficient (Wildman–Crippen LogP) is 5.94. The molecule has 0 heterocycles. The monoisotopic (exact) mass is 474 g/mol. The molecule has 3 nitrogen and oxygen atoms in total. The zero-order valence-corrected chi connectivity index (χ0v) is 17.8. The van der Waals surface area contributed by atoms with E-state index in [4.69, 9.17) is 11.6 Å². The molecular weight excluding hydrogens is 460 g/mol. The van der Waals surface area contributed by atoms with E-state index in [1.54, 1.807) is 72.8 Å². The molecule has 28 heavy (non-hydrogen) atoms. The van der Waals surface area contributed by atoms with Crippen molar-refractivity contribution in [3.8, 4) is 0 Å². The number of allylic oxidation sites excluding steroid dienone is 1. The van der Waals surface area contributed by atoms with Gasteiger partial charge in [-0.1, -0.05) is 70.0 Å². The molecule has 3 aromatic carbocycles. The molecule has 0 fully saturated rings. The Morgan fingerprint density at radius 3 is 2.11 bits per heavy atom. The van der Waals surface area contributed by atoms with Crippen LogP contribution >= 0.6 is 27.5 Å². The number of halogens is 2. The summed E-state index contributed by atoms with van der Waals surface area (Å²) in [6.45, 7) is 0. The van der Waals surface area contributed by atoms with Gasteiger partial charge >= 0.3 is 0 Å². The lowest BCUT2D eigenvalue weighted by molar-refractivity contribution is 0.104. The minimum atomic E-state index is -3.87. The van der Waals surface area contributed by atoms with E-state index in [1.165, 1.54) is 6.08 Å². The van der Waals surface area contributed by atoms with Crippen LogP contribution in [0, 0.1) is 0 Å². The zero-order valence-electron chi connectivity index (χ0n) is 14.7. The first-order valence-corrected chi connectivity index (χ1v) is 11.2. The normalized spacial score (nSPS) is 12.0. The zero-order chi connectivity index (χ0) is 20.1.